The maximum atomic E-state index is 12.7. The monoisotopic (exact) mass is 326 g/mol. The van der Waals surface area contributed by atoms with Gasteiger partial charge in [-0.1, -0.05) is 32.9 Å². The molecule has 2 atom stereocenters. The topological polar surface area (TPSA) is 101 Å². The van der Waals surface area contributed by atoms with E-state index in [-0.39, 0.29) is 23.3 Å². The zero-order valence-electron chi connectivity index (χ0n) is 13.0. The van der Waals surface area contributed by atoms with Gasteiger partial charge in [0.25, 0.3) is 0 Å². The first-order valence-electron chi connectivity index (χ1n) is 7.13. The second-order valence-corrected chi connectivity index (χ2v) is 8.55. The average Bonchev–Trinajstić information content (AvgIpc) is 2.81. The fourth-order valence-corrected chi connectivity index (χ4v) is 4.21. The van der Waals surface area contributed by atoms with Crippen molar-refractivity contribution in [3.8, 4) is 0 Å². The van der Waals surface area contributed by atoms with E-state index in [4.69, 9.17) is 5.73 Å². The molecule has 1 saturated heterocycles. The van der Waals surface area contributed by atoms with E-state index in [0.717, 1.165) is 9.87 Å². The molecule has 0 bridgehead atoms. The number of hydrogen-bond acceptors (Lipinski definition) is 4. The summed E-state index contributed by atoms with van der Waals surface area (Å²) in [7, 11) is -3.86. The van der Waals surface area contributed by atoms with E-state index in [9.17, 15) is 18.3 Å². The Balaban J connectivity index is 2.36. The second kappa shape index (κ2) is 5.64. The van der Waals surface area contributed by atoms with Gasteiger partial charge in [-0.05, 0) is 23.1 Å². The molecule has 0 radical (unpaired) electrons. The minimum atomic E-state index is -3.86. The molecule has 7 heteroatoms. The largest absolute Gasteiger partial charge is 0.392 e. The highest BCUT2D eigenvalue weighted by Gasteiger charge is 2.42. The molecule has 0 unspecified atom stereocenters. The quantitative estimate of drug-likeness (QED) is 0.849. The van der Waals surface area contributed by atoms with Crippen LogP contribution in [0.5, 0.6) is 0 Å². The SMILES string of the molecule is CC(C)(C)c1ccc(S(=O)(=O)N2C[C@H](O)C[C@H]2C(N)=O)cc1. The van der Waals surface area contributed by atoms with Crippen LogP contribution in [0.15, 0.2) is 29.2 Å². The summed E-state index contributed by atoms with van der Waals surface area (Å²) in [6, 6.07) is 5.58. The number of rotatable bonds is 3. The fraction of sp³-hybridized carbons (Fsp3) is 0.533. The van der Waals surface area contributed by atoms with Gasteiger partial charge in [0.15, 0.2) is 0 Å². The second-order valence-electron chi connectivity index (χ2n) is 6.66. The predicted molar refractivity (Wildman–Crippen MR) is 82.6 cm³/mol. The Bertz CT molecular complexity index is 662. The number of hydrogen-bond donors (Lipinski definition) is 2. The minimum absolute atomic E-state index is 0.0363. The van der Waals surface area contributed by atoms with Crippen LogP contribution < -0.4 is 5.73 Å². The molecule has 1 aromatic rings. The number of carbonyl (C=O) groups excluding carboxylic acids is 1. The third-order valence-corrected chi connectivity index (χ3v) is 5.78. The van der Waals surface area contributed by atoms with Crippen LogP contribution in [0, 0.1) is 0 Å². The Hall–Kier alpha value is -1.44. The molecule has 1 fully saturated rings. The van der Waals surface area contributed by atoms with E-state index in [2.05, 4.69) is 0 Å². The van der Waals surface area contributed by atoms with Crippen LogP contribution in [0.4, 0.5) is 0 Å². The lowest BCUT2D eigenvalue weighted by atomic mass is 9.87. The molecule has 22 heavy (non-hydrogen) atoms. The van der Waals surface area contributed by atoms with Crippen LogP contribution in [0.2, 0.25) is 0 Å². The van der Waals surface area contributed by atoms with Crippen LogP contribution >= 0.6 is 0 Å². The molecule has 1 heterocycles. The molecule has 1 aromatic carbocycles. The van der Waals surface area contributed by atoms with Crippen LogP contribution in [0.1, 0.15) is 32.8 Å². The lowest BCUT2D eigenvalue weighted by Gasteiger charge is -2.23. The normalized spacial score (nSPS) is 23.6. The van der Waals surface area contributed by atoms with Crippen molar-refractivity contribution in [2.24, 2.45) is 5.73 Å². The van der Waals surface area contributed by atoms with E-state index in [0.29, 0.717) is 0 Å². The van der Waals surface area contributed by atoms with Crippen LogP contribution in [-0.2, 0) is 20.2 Å². The minimum Gasteiger partial charge on any atom is -0.392 e. The Labute approximate surface area is 131 Å². The molecule has 1 aliphatic rings. The van der Waals surface area contributed by atoms with Crippen molar-refractivity contribution in [1.29, 1.82) is 0 Å². The van der Waals surface area contributed by atoms with E-state index in [1.165, 1.54) is 12.1 Å². The van der Waals surface area contributed by atoms with Crippen molar-refractivity contribution >= 4 is 15.9 Å². The number of benzene rings is 1. The Morgan fingerprint density at radius 2 is 1.82 bits per heavy atom. The molecule has 0 aliphatic carbocycles. The zero-order chi connectivity index (χ0) is 16.7. The summed E-state index contributed by atoms with van der Waals surface area (Å²) in [6.45, 7) is 6.00. The first-order chi connectivity index (χ1) is 10.0. The number of nitrogens with zero attached hydrogens (tertiary/aromatic N) is 1. The molecule has 2 rings (SSSR count). The van der Waals surface area contributed by atoms with Crippen LogP contribution in [0.25, 0.3) is 0 Å². The molecule has 1 aliphatic heterocycles. The van der Waals surface area contributed by atoms with Gasteiger partial charge in [-0.2, -0.15) is 4.31 Å². The molecule has 122 valence electrons. The van der Waals surface area contributed by atoms with Gasteiger partial charge in [0.1, 0.15) is 6.04 Å². The van der Waals surface area contributed by atoms with Gasteiger partial charge in [0.05, 0.1) is 11.0 Å². The first-order valence-corrected chi connectivity index (χ1v) is 8.57. The highest BCUT2D eigenvalue weighted by molar-refractivity contribution is 7.89. The van der Waals surface area contributed by atoms with Crippen molar-refractivity contribution in [3.05, 3.63) is 29.8 Å². The molecule has 0 saturated carbocycles. The van der Waals surface area contributed by atoms with E-state index in [1.807, 2.05) is 20.8 Å². The fourth-order valence-electron chi connectivity index (χ4n) is 2.57. The highest BCUT2D eigenvalue weighted by atomic mass is 32.2. The van der Waals surface area contributed by atoms with E-state index < -0.39 is 28.1 Å². The molecule has 6 nitrogen and oxygen atoms in total. The van der Waals surface area contributed by atoms with Crippen LogP contribution in [-0.4, -0.2) is 42.4 Å². The van der Waals surface area contributed by atoms with Gasteiger partial charge in [-0.25, -0.2) is 8.42 Å². The molecule has 0 spiro atoms. The van der Waals surface area contributed by atoms with Crippen molar-refractivity contribution in [2.45, 2.75) is 49.6 Å². The molecular weight excluding hydrogens is 304 g/mol. The van der Waals surface area contributed by atoms with Gasteiger partial charge >= 0.3 is 0 Å². The highest BCUT2D eigenvalue weighted by Crippen LogP contribution is 2.28. The summed E-state index contributed by atoms with van der Waals surface area (Å²) in [6.07, 6.45) is -0.838. The predicted octanol–water partition coefficient (Wildman–Crippen LogP) is 0.593. The lowest BCUT2D eigenvalue weighted by molar-refractivity contribution is -0.121. The lowest BCUT2D eigenvalue weighted by Crippen LogP contribution is -2.43. The zero-order valence-corrected chi connectivity index (χ0v) is 13.8. The van der Waals surface area contributed by atoms with Gasteiger partial charge < -0.3 is 10.8 Å². The summed E-state index contributed by atoms with van der Waals surface area (Å²) in [5, 5.41) is 9.67. The van der Waals surface area contributed by atoms with Crippen molar-refractivity contribution in [1.82, 2.24) is 4.31 Å². The number of aliphatic hydroxyl groups is 1. The maximum Gasteiger partial charge on any atom is 0.243 e. The van der Waals surface area contributed by atoms with Gasteiger partial charge in [0.2, 0.25) is 15.9 Å². The van der Waals surface area contributed by atoms with Crippen LogP contribution in [0.3, 0.4) is 0 Å². The Kier molecular flexibility index (Phi) is 4.34. The number of nitrogens with two attached hydrogens (primary N) is 1. The maximum absolute atomic E-state index is 12.7. The summed E-state index contributed by atoms with van der Waals surface area (Å²) in [5.74, 6) is -0.744. The summed E-state index contributed by atoms with van der Waals surface area (Å²) >= 11 is 0. The third kappa shape index (κ3) is 3.16. The smallest absolute Gasteiger partial charge is 0.243 e. The Morgan fingerprint density at radius 3 is 2.27 bits per heavy atom. The van der Waals surface area contributed by atoms with Crippen molar-refractivity contribution < 1.29 is 18.3 Å². The number of primary amides is 1. The summed E-state index contributed by atoms with van der Waals surface area (Å²) < 4.78 is 26.3. The van der Waals surface area contributed by atoms with Crippen molar-refractivity contribution in [2.75, 3.05) is 6.54 Å². The standard InChI is InChI=1S/C15H22N2O4S/c1-15(2,3)10-4-6-12(7-5-10)22(20,21)17-9-11(18)8-13(17)14(16)19/h4-7,11,13,18H,8-9H2,1-3H3,(H2,16,19)/t11-,13+/m1/s1. The van der Waals surface area contributed by atoms with E-state index >= 15 is 0 Å². The number of sulfonamides is 1. The molecular formula is C15H22N2O4S. The summed E-state index contributed by atoms with van der Waals surface area (Å²) in [5.41, 5.74) is 6.18. The van der Waals surface area contributed by atoms with Crippen molar-refractivity contribution in [3.63, 3.8) is 0 Å². The molecule has 3 N–H and O–H groups in total. The van der Waals surface area contributed by atoms with E-state index in [1.54, 1.807) is 12.1 Å². The number of carbonyl (C=O) groups is 1. The average molecular weight is 326 g/mol. The van der Waals surface area contributed by atoms with Gasteiger partial charge in [-0.15, -0.1) is 0 Å². The first kappa shape index (κ1) is 16.9. The Morgan fingerprint density at radius 1 is 1.27 bits per heavy atom. The van der Waals surface area contributed by atoms with Gasteiger partial charge in [0, 0.05) is 13.0 Å². The molecule has 1 amide bonds. The summed E-state index contributed by atoms with van der Waals surface area (Å²) in [4.78, 5) is 11.5. The molecule has 0 aromatic heterocycles. The van der Waals surface area contributed by atoms with Gasteiger partial charge in [-0.3, -0.25) is 4.79 Å². The number of amides is 1. The third-order valence-electron chi connectivity index (χ3n) is 3.89. The number of β-amino-alcohol motifs (C(OH)–C–C–N with tert-alkyl or cyclic N) is 1. The number of aliphatic hydroxyl groups excluding tert-OH is 1.